The normalized spacial score (nSPS) is 10.4. The molecule has 2 aromatic carbocycles. The molecule has 6 nitrogen and oxygen atoms in total. The highest BCUT2D eigenvalue weighted by molar-refractivity contribution is 5.90. The van der Waals surface area contributed by atoms with Crippen molar-refractivity contribution in [3.8, 4) is 11.4 Å². The van der Waals surface area contributed by atoms with E-state index in [-0.39, 0.29) is 12.6 Å². The van der Waals surface area contributed by atoms with Crippen LogP contribution in [-0.2, 0) is 6.54 Å². The van der Waals surface area contributed by atoms with Crippen LogP contribution in [0, 0.1) is 13.8 Å². The van der Waals surface area contributed by atoms with Gasteiger partial charge in [-0.25, -0.2) is 9.78 Å². The van der Waals surface area contributed by atoms with E-state index in [4.69, 9.17) is 0 Å². The molecule has 1 aromatic heterocycles. The number of amides is 2. The Bertz CT molecular complexity index is 821. The summed E-state index contributed by atoms with van der Waals surface area (Å²) >= 11 is 0. The number of nitrogens with zero attached hydrogens (tertiary/aromatic N) is 2. The average molecular weight is 321 g/mol. The van der Waals surface area contributed by atoms with E-state index in [1.54, 1.807) is 0 Å². The quantitative estimate of drug-likeness (QED) is 0.688. The second-order valence-electron chi connectivity index (χ2n) is 5.55. The number of para-hydroxylation sites is 1. The summed E-state index contributed by atoms with van der Waals surface area (Å²) in [5.41, 5.74) is 3.81. The Hall–Kier alpha value is -3.15. The smallest absolute Gasteiger partial charge is 0.319 e. The van der Waals surface area contributed by atoms with Gasteiger partial charge in [0.2, 0.25) is 0 Å². The van der Waals surface area contributed by atoms with Crippen molar-refractivity contribution in [3.63, 3.8) is 0 Å². The monoisotopic (exact) mass is 321 g/mol. The highest BCUT2D eigenvalue weighted by Gasteiger charge is 2.09. The van der Waals surface area contributed by atoms with E-state index in [1.165, 1.54) is 0 Å². The van der Waals surface area contributed by atoms with Crippen LogP contribution >= 0.6 is 0 Å². The molecule has 0 spiro atoms. The minimum atomic E-state index is -0.273. The summed E-state index contributed by atoms with van der Waals surface area (Å²) in [4.78, 5) is 16.5. The summed E-state index contributed by atoms with van der Waals surface area (Å²) in [6.07, 6.45) is 0. The number of aryl methyl sites for hydroxylation is 2. The lowest BCUT2D eigenvalue weighted by molar-refractivity contribution is 0.251. The van der Waals surface area contributed by atoms with E-state index in [0.29, 0.717) is 11.6 Å². The van der Waals surface area contributed by atoms with E-state index in [0.717, 1.165) is 22.4 Å². The van der Waals surface area contributed by atoms with Crippen molar-refractivity contribution in [2.45, 2.75) is 20.4 Å². The number of carbonyl (C=O) groups is 1. The topological polar surface area (TPSA) is 82.7 Å². The van der Waals surface area contributed by atoms with Gasteiger partial charge in [0.1, 0.15) is 5.82 Å². The van der Waals surface area contributed by atoms with Gasteiger partial charge in [0.05, 0.1) is 6.54 Å². The number of nitrogens with one attached hydrogen (secondary N) is 3. The van der Waals surface area contributed by atoms with E-state index < -0.39 is 0 Å². The van der Waals surface area contributed by atoms with Gasteiger partial charge in [-0.3, -0.25) is 5.10 Å². The molecule has 0 bridgehead atoms. The van der Waals surface area contributed by atoms with Gasteiger partial charge >= 0.3 is 6.03 Å². The van der Waals surface area contributed by atoms with Crippen LogP contribution < -0.4 is 10.6 Å². The van der Waals surface area contributed by atoms with Crippen molar-refractivity contribution in [1.82, 2.24) is 20.5 Å². The molecule has 0 aliphatic rings. The molecule has 6 heteroatoms. The molecule has 3 N–H and O–H groups in total. The molecular weight excluding hydrogens is 302 g/mol. The number of anilines is 1. The highest BCUT2D eigenvalue weighted by atomic mass is 16.2. The minimum absolute atomic E-state index is 0.273. The van der Waals surface area contributed by atoms with Crippen molar-refractivity contribution >= 4 is 11.7 Å². The summed E-state index contributed by atoms with van der Waals surface area (Å²) in [5.74, 6) is 1.22. The molecule has 0 saturated carbocycles. The third kappa shape index (κ3) is 3.60. The van der Waals surface area contributed by atoms with Gasteiger partial charge in [-0.15, -0.1) is 0 Å². The number of hydrogen-bond acceptors (Lipinski definition) is 3. The molecule has 0 saturated heterocycles. The Kier molecular flexibility index (Phi) is 4.56. The molecule has 1 heterocycles. The van der Waals surface area contributed by atoms with Gasteiger partial charge in [0, 0.05) is 11.3 Å². The van der Waals surface area contributed by atoms with Crippen molar-refractivity contribution < 1.29 is 4.79 Å². The SMILES string of the molecule is Cc1cccc(C)c1NC(=O)NCc1nc(-c2ccccc2)n[nH]1. The zero-order valence-electron chi connectivity index (χ0n) is 13.6. The van der Waals surface area contributed by atoms with Crippen LogP contribution in [0.5, 0.6) is 0 Å². The van der Waals surface area contributed by atoms with Crippen molar-refractivity contribution in [2.75, 3.05) is 5.32 Å². The summed E-state index contributed by atoms with van der Waals surface area (Å²) in [6, 6.07) is 15.3. The first kappa shape index (κ1) is 15.7. The number of hydrogen-bond donors (Lipinski definition) is 3. The van der Waals surface area contributed by atoms with Gasteiger partial charge < -0.3 is 10.6 Å². The molecule has 24 heavy (non-hydrogen) atoms. The Labute approximate surface area is 140 Å². The zero-order valence-corrected chi connectivity index (χ0v) is 13.6. The Morgan fingerprint density at radius 2 is 1.75 bits per heavy atom. The summed E-state index contributed by atoms with van der Waals surface area (Å²) in [5, 5.41) is 12.7. The third-order valence-corrected chi connectivity index (χ3v) is 3.70. The number of carbonyl (C=O) groups excluding carboxylic acids is 1. The van der Waals surface area contributed by atoms with Crippen LogP contribution in [0.2, 0.25) is 0 Å². The maximum Gasteiger partial charge on any atom is 0.319 e. The molecule has 0 atom stereocenters. The van der Waals surface area contributed by atoms with Gasteiger partial charge in [-0.2, -0.15) is 5.10 Å². The predicted molar refractivity (Wildman–Crippen MR) is 93.6 cm³/mol. The second kappa shape index (κ2) is 6.95. The standard InChI is InChI=1S/C18H19N5O/c1-12-7-6-8-13(2)16(12)21-18(24)19-11-15-20-17(23-22-15)14-9-4-3-5-10-14/h3-10H,11H2,1-2H3,(H2,19,21,24)(H,20,22,23). The zero-order chi connectivity index (χ0) is 16.9. The molecule has 122 valence electrons. The van der Waals surface area contributed by atoms with E-state index in [1.807, 2.05) is 62.4 Å². The van der Waals surface area contributed by atoms with Crippen LogP contribution in [0.3, 0.4) is 0 Å². The van der Waals surface area contributed by atoms with Gasteiger partial charge in [-0.05, 0) is 25.0 Å². The van der Waals surface area contributed by atoms with Gasteiger partial charge in [0.25, 0.3) is 0 Å². The minimum Gasteiger partial charge on any atom is -0.331 e. The molecule has 2 amide bonds. The molecule has 0 aliphatic heterocycles. The predicted octanol–water partition coefficient (Wildman–Crippen LogP) is 3.41. The van der Waals surface area contributed by atoms with Gasteiger partial charge in [0.15, 0.2) is 5.82 Å². The molecule has 0 aliphatic carbocycles. The largest absolute Gasteiger partial charge is 0.331 e. The molecule has 0 unspecified atom stereocenters. The number of benzene rings is 2. The maximum atomic E-state index is 12.1. The number of aromatic nitrogens is 3. The molecule has 0 fully saturated rings. The van der Waals surface area contributed by atoms with E-state index >= 15 is 0 Å². The first-order chi connectivity index (χ1) is 11.6. The fraction of sp³-hybridized carbons (Fsp3) is 0.167. The van der Waals surface area contributed by atoms with E-state index in [2.05, 4.69) is 25.8 Å². The number of aromatic amines is 1. The molecule has 3 aromatic rings. The number of H-pyrrole nitrogens is 1. The first-order valence-electron chi connectivity index (χ1n) is 7.71. The Morgan fingerprint density at radius 1 is 1.04 bits per heavy atom. The Morgan fingerprint density at radius 3 is 2.46 bits per heavy atom. The van der Waals surface area contributed by atoms with Crippen LogP contribution in [-0.4, -0.2) is 21.2 Å². The van der Waals surface area contributed by atoms with Gasteiger partial charge in [-0.1, -0.05) is 48.5 Å². The highest BCUT2D eigenvalue weighted by Crippen LogP contribution is 2.19. The molecule has 0 radical (unpaired) electrons. The lowest BCUT2D eigenvalue weighted by Crippen LogP contribution is -2.29. The van der Waals surface area contributed by atoms with Crippen LogP contribution in [0.1, 0.15) is 17.0 Å². The average Bonchev–Trinajstić information content (AvgIpc) is 3.06. The molecular formula is C18H19N5O. The second-order valence-corrected chi connectivity index (χ2v) is 5.55. The summed E-state index contributed by atoms with van der Waals surface area (Å²) in [7, 11) is 0. The molecule has 3 rings (SSSR count). The summed E-state index contributed by atoms with van der Waals surface area (Å²) in [6.45, 7) is 4.20. The lowest BCUT2D eigenvalue weighted by Gasteiger charge is -2.11. The van der Waals surface area contributed by atoms with Crippen molar-refractivity contribution in [2.24, 2.45) is 0 Å². The van der Waals surface area contributed by atoms with Crippen LogP contribution in [0.4, 0.5) is 10.5 Å². The number of urea groups is 1. The first-order valence-corrected chi connectivity index (χ1v) is 7.71. The van der Waals surface area contributed by atoms with Crippen LogP contribution in [0.15, 0.2) is 48.5 Å². The lowest BCUT2D eigenvalue weighted by atomic mass is 10.1. The van der Waals surface area contributed by atoms with Crippen LogP contribution in [0.25, 0.3) is 11.4 Å². The third-order valence-electron chi connectivity index (χ3n) is 3.70. The van der Waals surface area contributed by atoms with Crippen molar-refractivity contribution in [1.29, 1.82) is 0 Å². The Balaban J connectivity index is 1.60. The number of rotatable bonds is 4. The maximum absolute atomic E-state index is 12.1. The van der Waals surface area contributed by atoms with Crippen molar-refractivity contribution in [3.05, 3.63) is 65.5 Å². The fourth-order valence-corrected chi connectivity index (χ4v) is 2.42. The fourth-order valence-electron chi connectivity index (χ4n) is 2.42. The van der Waals surface area contributed by atoms with E-state index in [9.17, 15) is 4.79 Å². The summed E-state index contributed by atoms with van der Waals surface area (Å²) < 4.78 is 0.